The topological polar surface area (TPSA) is 110 Å². The van der Waals surface area contributed by atoms with Crippen LogP contribution in [0.3, 0.4) is 0 Å². The van der Waals surface area contributed by atoms with Crippen molar-refractivity contribution in [2.45, 2.75) is 77.3 Å². The van der Waals surface area contributed by atoms with Crippen molar-refractivity contribution in [2.24, 2.45) is 11.8 Å². The lowest BCUT2D eigenvalue weighted by Gasteiger charge is -2.25. The Bertz CT molecular complexity index is 1310. The Balaban J connectivity index is 1.73. The van der Waals surface area contributed by atoms with E-state index >= 15 is 0 Å². The molecule has 0 bridgehead atoms. The number of carboxylic acids is 1. The number of aromatic amines is 1. The second kappa shape index (κ2) is 9.60. The predicted octanol–water partition coefficient (Wildman–Crippen LogP) is 4.41. The van der Waals surface area contributed by atoms with Crippen LogP contribution in [0.25, 0.3) is 22.6 Å². The molecule has 0 radical (unpaired) electrons. The largest absolute Gasteiger partial charge is 0.478 e. The summed E-state index contributed by atoms with van der Waals surface area (Å²) < 4.78 is 3.65. The van der Waals surface area contributed by atoms with E-state index in [4.69, 9.17) is 0 Å². The van der Waals surface area contributed by atoms with Gasteiger partial charge in [-0.15, -0.1) is 0 Å². The third kappa shape index (κ3) is 4.33. The predicted molar refractivity (Wildman–Crippen MR) is 130 cm³/mol. The molecule has 0 aliphatic heterocycles. The van der Waals surface area contributed by atoms with E-state index in [9.17, 15) is 19.5 Å². The second-order valence-corrected chi connectivity index (χ2v) is 9.95. The smallest absolute Gasteiger partial charge is 0.336 e. The fourth-order valence-corrected chi connectivity index (χ4v) is 5.86. The summed E-state index contributed by atoms with van der Waals surface area (Å²) in [6.07, 6.45) is 11.4. The number of aromatic nitrogens is 4. The van der Waals surface area contributed by atoms with Crippen LogP contribution in [0.5, 0.6) is 0 Å². The average Bonchev–Trinajstić information content (AvgIpc) is 3.22. The van der Waals surface area contributed by atoms with E-state index < -0.39 is 17.2 Å². The maximum Gasteiger partial charge on any atom is 0.336 e. The minimum absolute atomic E-state index is 0.139. The number of benzene rings is 1. The van der Waals surface area contributed by atoms with Gasteiger partial charge in [0.15, 0.2) is 11.2 Å². The lowest BCUT2D eigenvalue weighted by Crippen LogP contribution is -2.34. The number of hydrogen-bond acceptors (Lipinski definition) is 4. The Morgan fingerprint density at radius 1 is 0.912 bits per heavy atom. The van der Waals surface area contributed by atoms with E-state index in [2.05, 4.69) is 9.97 Å². The van der Waals surface area contributed by atoms with Gasteiger partial charge >= 0.3 is 11.7 Å². The molecule has 5 rings (SSSR count). The van der Waals surface area contributed by atoms with Gasteiger partial charge in [-0.2, -0.15) is 0 Å². The molecule has 0 atom stereocenters. The maximum atomic E-state index is 13.1. The zero-order valence-corrected chi connectivity index (χ0v) is 19.5. The van der Waals surface area contributed by atoms with Crippen molar-refractivity contribution in [1.82, 2.24) is 19.1 Å². The first kappa shape index (κ1) is 22.6. The first-order chi connectivity index (χ1) is 16.5. The molecule has 180 valence electrons. The van der Waals surface area contributed by atoms with Crippen LogP contribution >= 0.6 is 0 Å². The summed E-state index contributed by atoms with van der Waals surface area (Å²) in [4.78, 5) is 45.1. The highest BCUT2D eigenvalue weighted by molar-refractivity contribution is 5.96. The number of imidazole rings is 1. The first-order valence-corrected chi connectivity index (χ1v) is 12.6. The summed E-state index contributed by atoms with van der Waals surface area (Å²) >= 11 is 0. The molecule has 0 spiro atoms. The van der Waals surface area contributed by atoms with E-state index in [1.165, 1.54) is 12.8 Å². The molecule has 8 nitrogen and oxygen atoms in total. The first-order valence-electron chi connectivity index (χ1n) is 12.6. The number of rotatable bonds is 6. The summed E-state index contributed by atoms with van der Waals surface area (Å²) in [6.45, 7) is 1.16. The molecule has 0 amide bonds. The molecule has 3 aromatic rings. The molecule has 1 aromatic carbocycles. The van der Waals surface area contributed by atoms with Gasteiger partial charge < -0.3 is 9.67 Å². The fourth-order valence-electron chi connectivity index (χ4n) is 5.86. The minimum Gasteiger partial charge on any atom is -0.478 e. The van der Waals surface area contributed by atoms with Gasteiger partial charge in [0.05, 0.1) is 5.56 Å². The van der Waals surface area contributed by atoms with Crippen LogP contribution in [0.2, 0.25) is 0 Å². The number of nitrogens with zero attached hydrogens (tertiary/aromatic N) is 3. The van der Waals surface area contributed by atoms with Gasteiger partial charge in [-0.3, -0.25) is 14.3 Å². The number of carboxylic acid groups (broad SMARTS) is 1. The molecular formula is C26H32N4O4. The SMILES string of the molecule is O=C(O)c1ccccc1-c1nc2c(=O)[nH]c(=O)n(CC3CCCCC3)c2n1CC1CCCCC1. The average molecular weight is 465 g/mol. The van der Waals surface area contributed by atoms with Crippen LogP contribution in [-0.2, 0) is 13.1 Å². The Morgan fingerprint density at radius 3 is 2.12 bits per heavy atom. The number of H-pyrrole nitrogens is 1. The van der Waals surface area contributed by atoms with E-state index in [1.54, 1.807) is 28.8 Å². The van der Waals surface area contributed by atoms with Gasteiger partial charge in [0.2, 0.25) is 0 Å². The van der Waals surface area contributed by atoms with Crippen molar-refractivity contribution in [3.63, 3.8) is 0 Å². The van der Waals surface area contributed by atoms with Gasteiger partial charge in [0, 0.05) is 18.7 Å². The zero-order valence-electron chi connectivity index (χ0n) is 19.5. The number of nitrogens with one attached hydrogen (secondary N) is 1. The van der Waals surface area contributed by atoms with Crippen molar-refractivity contribution in [1.29, 1.82) is 0 Å². The molecule has 2 aliphatic rings. The highest BCUT2D eigenvalue weighted by Crippen LogP contribution is 2.32. The van der Waals surface area contributed by atoms with Gasteiger partial charge in [0.1, 0.15) is 5.82 Å². The van der Waals surface area contributed by atoms with E-state index in [0.29, 0.717) is 42.0 Å². The molecule has 8 heteroatoms. The molecule has 2 heterocycles. The molecule has 2 N–H and O–H groups in total. The molecule has 0 saturated heterocycles. The molecule has 2 aromatic heterocycles. The molecule has 2 fully saturated rings. The van der Waals surface area contributed by atoms with Gasteiger partial charge in [0.25, 0.3) is 5.56 Å². The highest BCUT2D eigenvalue weighted by atomic mass is 16.4. The second-order valence-electron chi connectivity index (χ2n) is 9.95. The van der Waals surface area contributed by atoms with Gasteiger partial charge in [-0.1, -0.05) is 56.7 Å². The minimum atomic E-state index is -1.04. The summed E-state index contributed by atoms with van der Waals surface area (Å²) in [5.74, 6) is 0.195. The van der Waals surface area contributed by atoms with E-state index in [0.717, 1.165) is 51.4 Å². The third-order valence-corrected chi connectivity index (χ3v) is 7.61. The number of carbonyl (C=O) groups is 1. The Labute approximate surface area is 197 Å². The van der Waals surface area contributed by atoms with E-state index in [1.807, 2.05) is 4.57 Å². The highest BCUT2D eigenvalue weighted by Gasteiger charge is 2.26. The van der Waals surface area contributed by atoms with Crippen molar-refractivity contribution in [3.8, 4) is 11.4 Å². The Kier molecular flexibility index (Phi) is 6.39. The zero-order chi connectivity index (χ0) is 23.7. The van der Waals surface area contributed by atoms with Crippen molar-refractivity contribution >= 4 is 17.1 Å². The number of aromatic carboxylic acids is 1. The van der Waals surface area contributed by atoms with E-state index in [-0.39, 0.29) is 11.1 Å². The molecule has 34 heavy (non-hydrogen) atoms. The lowest BCUT2D eigenvalue weighted by atomic mass is 9.89. The quantitative estimate of drug-likeness (QED) is 0.561. The number of fused-ring (bicyclic) bond motifs is 1. The number of hydrogen-bond donors (Lipinski definition) is 2. The summed E-state index contributed by atoms with van der Waals surface area (Å²) in [7, 11) is 0. The van der Waals surface area contributed by atoms with Gasteiger partial charge in [-0.05, 0) is 43.6 Å². The van der Waals surface area contributed by atoms with Crippen molar-refractivity contribution < 1.29 is 9.90 Å². The summed E-state index contributed by atoms with van der Waals surface area (Å²) in [5, 5.41) is 9.82. The van der Waals surface area contributed by atoms with Crippen LogP contribution in [0.4, 0.5) is 0 Å². The van der Waals surface area contributed by atoms with Crippen molar-refractivity contribution in [3.05, 3.63) is 50.7 Å². The summed E-state index contributed by atoms with van der Waals surface area (Å²) in [6, 6.07) is 6.76. The summed E-state index contributed by atoms with van der Waals surface area (Å²) in [5.41, 5.74) is 0.419. The van der Waals surface area contributed by atoms with Crippen LogP contribution in [0.15, 0.2) is 33.9 Å². The molecule has 2 saturated carbocycles. The molecular weight excluding hydrogens is 432 g/mol. The van der Waals surface area contributed by atoms with Gasteiger partial charge in [-0.25, -0.2) is 14.6 Å². The Hall–Kier alpha value is -3.16. The van der Waals surface area contributed by atoms with Crippen LogP contribution < -0.4 is 11.2 Å². The molecule has 2 aliphatic carbocycles. The van der Waals surface area contributed by atoms with Crippen LogP contribution in [0.1, 0.15) is 74.6 Å². The lowest BCUT2D eigenvalue weighted by molar-refractivity contribution is 0.0697. The van der Waals surface area contributed by atoms with Crippen molar-refractivity contribution in [2.75, 3.05) is 0 Å². The normalized spacial score (nSPS) is 17.9. The third-order valence-electron chi connectivity index (χ3n) is 7.61. The van der Waals surface area contributed by atoms with Crippen LogP contribution in [0, 0.1) is 11.8 Å². The molecule has 0 unspecified atom stereocenters. The fraction of sp³-hybridized carbons (Fsp3) is 0.538. The standard InChI is InChI=1S/C26H32N4O4/c31-23-21-24(30(26(34)28-23)16-18-11-5-2-6-12-18)29(15-17-9-3-1-4-10-17)22(27-21)19-13-7-8-14-20(19)25(32)33/h7-8,13-14,17-18H,1-6,9-12,15-16H2,(H,32,33)(H,28,31,34). The Morgan fingerprint density at radius 2 is 1.50 bits per heavy atom. The van der Waals surface area contributed by atoms with Crippen LogP contribution in [-0.4, -0.2) is 30.2 Å². The maximum absolute atomic E-state index is 13.1. The monoisotopic (exact) mass is 464 g/mol.